The third kappa shape index (κ3) is 2.25. The van der Waals surface area contributed by atoms with Gasteiger partial charge in [0.15, 0.2) is 5.72 Å². The first-order chi connectivity index (χ1) is 10.9. The topological polar surface area (TPSA) is 24.5 Å². The Morgan fingerprint density at radius 3 is 2.83 bits per heavy atom. The predicted octanol–water partition coefficient (Wildman–Crippen LogP) is 2.66. The Kier molecular flexibility index (Phi) is 3.84. The Morgan fingerprint density at radius 2 is 2.09 bits per heavy atom. The van der Waals surface area contributed by atoms with Gasteiger partial charge in [0, 0.05) is 5.92 Å². The van der Waals surface area contributed by atoms with Gasteiger partial charge in [-0.3, -0.25) is 9.74 Å². The lowest BCUT2D eigenvalue weighted by Gasteiger charge is -2.57. The maximum Gasteiger partial charge on any atom is 0.160 e. The summed E-state index contributed by atoms with van der Waals surface area (Å²) >= 11 is 0. The number of fused-ring (bicyclic) bond motifs is 1. The first-order valence-corrected chi connectivity index (χ1v) is 9.89. The van der Waals surface area contributed by atoms with Crippen LogP contribution >= 0.6 is 0 Å². The van der Waals surface area contributed by atoms with Gasteiger partial charge in [0.2, 0.25) is 0 Å². The number of rotatable bonds is 3. The standard InChI is InChI=1S/C19H36N3O/c1-6-7-13(2)18-20-23-19(21(18)4)16-9-15-8-14(3)17(19)12-22(5,10-15)11-16/h13-18,20H,6-12H2,1-5H3/q+1. The fourth-order valence-corrected chi connectivity index (χ4v) is 6.93. The van der Waals surface area contributed by atoms with E-state index in [-0.39, 0.29) is 5.72 Å². The lowest BCUT2D eigenvalue weighted by molar-refractivity contribution is -0.932. The molecule has 1 N–H and O–H groups in total. The predicted molar refractivity (Wildman–Crippen MR) is 92.2 cm³/mol. The minimum atomic E-state index is -0.0565. The van der Waals surface area contributed by atoms with Crippen LogP contribution in [0.25, 0.3) is 0 Å². The van der Waals surface area contributed by atoms with Crippen LogP contribution in [0.2, 0.25) is 0 Å². The van der Waals surface area contributed by atoms with Gasteiger partial charge < -0.3 is 4.48 Å². The quantitative estimate of drug-likeness (QED) is 0.809. The zero-order valence-corrected chi connectivity index (χ0v) is 15.7. The zero-order chi connectivity index (χ0) is 16.4. The van der Waals surface area contributed by atoms with E-state index in [4.69, 9.17) is 4.84 Å². The maximum atomic E-state index is 6.57. The molecule has 0 radical (unpaired) electrons. The molecule has 1 spiro atoms. The number of piperidine rings is 2. The van der Waals surface area contributed by atoms with Gasteiger partial charge in [-0.1, -0.05) is 27.2 Å². The molecule has 4 bridgehead atoms. The van der Waals surface area contributed by atoms with E-state index in [9.17, 15) is 0 Å². The highest BCUT2D eigenvalue weighted by molar-refractivity contribution is 5.06. The molecule has 4 aliphatic heterocycles. The van der Waals surface area contributed by atoms with Crippen LogP contribution in [0.4, 0.5) is 0 Å². The van der Waals surface area contributed by atoms with Crippen LogP contribution < -0.4 is 5.48 Å². The monoisotopic (exact) mass is 322 g/mol. The summed E-state index contributed by atoms with van der Waals surface area (Å²) in [4.78, 5) is 9.19. The third-order valence-electron chi connectivity index (χ3n) is 7.72. The van der Waals surface area contributed by atoms with E-state index in [1.165, 1.54) is 49.8 Å². The summed E-state index contributed by atoms with van der Waals surface area (Å²) in [6, 6.07) is 0. The fourth-order valence-electron chi connectivity index (χ4n) is 6.93. The van der Waals surface area contributed by atoms with Crippen LogP contribution in [0.1, 0.15) is 46.5 Å². The Hall–Kier alpha value is -0.160. The molecule has 4 heteroatoms. The minimum absolute atomic E-state index is 0.0565. The SMILES string of the molecule is CCCC(C)C1NOC2(C3CC4CC(C)C2C[N+](C)(C4)C3)N1C. The Balaban J connectivity index is 1.68. The Labute approximate surface area is 142 Å². The van der Waals surface area contributed by atoms with Gasteiger partial charge in [0.1, 0.15) is 0 Å². The molecule has 132 valence electrons. The van der Waals surface area contributed by atoms with E-state index < -0.39 is 0 Å². The van der Waals surface area contributed by atoms with Crippen molar-refractivity contribution in [2.45, 2.75) is 58.3 Å². The molecular formula is C19H36N3O+. The average Bonchev–Trinajstić information content (AvgIpc) is 2.74. The van der Waals surface area contributed by atoms with Crippen molar-refractivity contribution in [3.05, 3.63) is 0 Å². The van der Waals surface area contributed by atoms with Crippen molar-refractivity contribution < 1.29 is 9.32 Å². The number of nitrogens with one attached hydrogen (secondary N) is 1. The minimum Gasteiger partial charge on any atom is -0.325 e. The van der Waals surface area contributed by atoms with Crippen molar-refractivity contribution >= 4 is 0 Å². The van der Waals surface area contributed by atoms with E-state index in [0.717, 1.165) is 11.8 Å². The normalized spacial score (nSPS) is 53.9. The number of hydrogen-bond acceptors (Lipinski definition) is 3. The second-order valence-corrected chi connectivity index (χ2v) is 9.58. The number of nitrogens with zero attached hydrogens (tertiary/aromatic N) is 2. The van der Waals surface area contributed by atoms with Crippen molar-refractivity contribution in [3.8, 4) is 0 Å². The average molecular weight is 323 g/mol. The smallest absolute Gasteiger partial charge is 0.160 e. The molecule has 5 fully saturated rings. The van der Waals surface area contributed by atoms with Crippen LogP contribution in [0.15, 0.2) is 0 Å². The van der Waals surface area contributed by atoms with Crippen LogP contribution in [-0.4, -0.2) is 55.0 Å². The van der Waals surface area contributed by atoms with Crippen molar-refractivity contribution in [1.29, 1.82) is 0 Å². The van der Waals surface area contributed by atoms with Gasteiger partial charge >= 0.3 is 0 Å². The molecule has 5 rings (SSSR count). The van der Waals surface area contributed by atoms with Crippen LogP contribution in [0, 0.1) is 29.6 Å². The molecule has 0 aromatic carbocycles. The molecule has 4 nitrogen and oxygen atoms in total. The summed E-state index contributed by atoms with van der Waals surface area (Å²) in [6.07, 6.45) is 5.67. The largest absolute Gasteiger partial charge is 0.325 e. The van der Waals surface area contributed by atoms with Gasteiger partial charge in [-0.25, -0.2) is 0 Å². The van der Waals surface area contributed by atoms with E-state index in [0.29, 0.717) is 23.9 Å². The summed E-state index contributed by atoms with van der Waals surface area (Å²) in [6.45, 7) is 11.2. The summed E-state index contributed by atoms with van der Waals surface area (Å²) in [5.74, 6) is 3.67. The molecule has 5 aliphatic rings. The summed E-state index contributed by atoms with van der Waals surface area (Å²) in [5.41, 5.74) is 3.43. The molecule has 4 saturated heterocycles. The molecule has 23 heavy (non-hydrogen) atoms. The molecule has 0 amide bonds. The molecule has 8 unspecified atom stereocenters. The molecule has 0 aromatic rings. The highest BCUT2D eigenvalue weighted by atomic mass is 16.7. The Bertz CT molecular complexity index is 472. The summed E-state index contributed by atoms with van der Waals surface area (Å²) < 4.78 is 1.29. The molecule has 0 aromatic heterocycles. The number of hydroxylamine groups is 1. The van der Waals surface area contributed by atoms with Gasteiger partial charge in [0.05, 0.1) is 44.7 Å². The maximum absolute atomic E-state index is 6.57. The summed E-state index contributed by atoms with van der Waals surface area (Å²) in [5, 5.41) is 0. The van der Waals surface area contributed by atoms with Crippen molar-refractivity contribution in [2.24, 2.45) is 29.6 Å². The van der Waals surface area contributed by atoms with Gasteiger partial charge in [0.25, 0.3) is 0 Å². The number of quaternary nitrogens is 1. The van der Waals surface area contributed by atoms with E-state index >= 15 is 0 Å². The highest BCUT2D eigenvalue weighted by Crippen LogP contribution is 2.55. The van der Waals surface area contributed by atoms with Crippen LogP contribution in [0.5, 0.6) is 0 Å². The van der Waals surface area contributed by atoms with E-state index in [1.54, 1.807) is 0 Å². The first-order valence-electron chi connectivity index (χ1n) is 9.89. The first kappa shape index (κ1) is 16.3. The molecule has 4 heterocycles. The van der Waals surface area contributed by atoms with Crippen molar-refractivity contribution in [1.82, 2.24) is 10.4 Å². The van der Waals surface area contributed by atoms with Crippen LogP contribution in [-0.2, 0) is 4.84 Å². The van der Waals surface area contributed by atoms with Crippen molar-refractivity contribution in [3.63, 3.8) is 0 Å². The fraction of sp³-hybridized carbons (Fsp3) is 1.00. The zero-order valence-electron chi connectivity index (χ0n) is 15.7. The van der Waals surface area contributed by atoms with E-state index in [2.05, 4.69) is 45.2 Å². The molecule has 1 saturated carbocycles. The van der Waals surface area contributed by atoms with Gasteiger partial charge in [-0.05, 0) is 38.1 Å². The lowest BCUT2D eigenvalue weighted by Crippen LogP contribution is -2.71. The second-order valence-electron chi connectivity index (χ2n) is 9.58. The third-order valence-corrected chi connectivity index (χ3v) is 7.72. The molecule has 8 atom stereocenters. The summed E-state index contributed by atoms with van der Waals surface area (Å²) in [7, 11) is 4.83. The number of hydrogen-bond donors (Lipinski definition) is 1. The van der Waals surface area contributed by atoms with Gasteiger partial charge in [-0.15, -0.1) is 0 Å². The second kappa shape index (κ2) is 5.42. The highest BCUT2D eigenvalue weighted by Gasteiger charge is 2.67. The molecule has 1 aliphatic carbocycles. The van der Waals surface area contributed by atoms with Crippen molar-refractivity contribution in [2.75, 3.05) is 33.7 Å². The molecular weight excluding hydrogens is 286 g/mol. The van der Waals surface area contributed by atoms with E-state index in [1.807, 2.05) is 0 Å². The van der Waals surface area contributed by atoms with Gasteiger partial charge in [-0.2, -0.15) is 5.48 Å². The Morgan fingerprint density at radius 1 is 1.30 bits per heavy atom. The van der Waals surface area contributed by atoms with Crippen LogP contribution in [0.3, 0.4) is 0 Å². The lowest BCUT2D eigenvalue weighted by atomic mass is 9.72.